The van der Waals surface area contributed by atoms with Gasteiger partial charge < -0.3 is 10.3 Å². The summed E-state index contributed by atoms with van der Waals surface area (Å²) in [5.41, 5.74) is 7.26. The third-order valence-corrected chi connectivity index (χ3v) is 1.95. The molecule has 3 nitrogen and oxygen atoms in total. The van der Waals surface area contributed by atoms with E-state index in [4.69, 9.17) is 17.3 Å². The maximum absolute atomic E-state index is 5.66. The highest BCUT2D eigenvalue weighted by atomic mass is 35.5. The van der Waals surface area contributed by atoms with Crippen molar-refractivity contribution >= 4 is 17.3 Å². The average Bonchev–Trinajstić information content (AvgIpc) is 2.53. The first-order chi connectivity index (χ1) is 6.25. The summed E-state index contributed by atoms with van der Waals surface area (Å²) in [6.07, 6.45) is 5.40. The maximum Gasteiger partial charge on any atom is 0.129 e. The molecule has 4 heteroatoms. The third-order valence-electron chi connectivity index (χ3n) is 1.73. The second kappa shape index (κ2) is 3.11. The van der Waals surface area contributed by atoms with Crippen LogP contribution < -0.4 is 5.73 Å². The highest BCUT2D eigenvalue weighted by Crippen LogP contribution is 2.12. The van der Waals surface area contributed by atoms with Crippen molar-refractivity contribution in [2.75, 3.05) is 5.73 Å². The van der Waals surface area contributed by atoms with Crippen molar-refractivity contribution < 1.29 is 0 Å². The first-order valence-electron chi connectivity index (χ1n) is 3.81. The number of pyridine rings is 1. The largest absolute Gasteiger partial charge is 0.397 e. The van der Waals surface area contributed by atoms with Gasteiger partial charge in [-0.05, 0) is 18.2 Å². The fourth-order valence-corrected chi connectivity index (χ4v) is 1.21. The number of rotatable bonds is 1. The Morgan fingerprint density at radius 2 is 2.15 bits per heavy atom. The summed E-state index contributed by atoms with van der Waals surface area (Å²) in [6.45, 7) is 0. The van der Waals surface area contributed by atoms with Crippen LogP contribution in [0.3, 0.4) is 0 Å². The van der Waals surface area contributed by atoms with Gasteiger partial charge in [-0.3, -0.25) is 0 Å². The van der Waals surface area contributed by atoms with Gasteiger partial charge in [0.15, 0.2) is 0 Å². The van der Waals surface area contributed by atoms with Gasteiger partial charge >= 0.3 is 0 Å². The SMILES string of the molecule is Nc1ccn(-c2ccc(Cl)nc2)c1. The lowest BCUT2D eigenvalue weighted by Crippen LogP contribution is -1.90. The standard InChI is InChI=1S/C9H8ClN3/c10-9-2-1-8(5-12-9)13-4-3-7(11)6-13/h1-6H,11H2. The molecule has 2 N–H and O–H groups in total. The molecule has 0 aromatic carbocycles. The van der Waals surface area contributed by atoms with Crippen LogP contribution in [0.2, 0.25) is 5.15 Å². The fraction of sp³-hybridized carbons (Fsp3) is 0. The van der Waals surface area contributed by atoms with E-state index in [1.54, 1.807) is 12.3 Å². The Kier molecular flexibility index (Phi) is 1.94. The lowest BCUT2D eigenvalue weighted by molar-refractivity contribution is 1.06. The lowest BCUT2D eigenvalue weighted by atomic mass is 10.4. The van der Waals surface area contributed by atoms with E-state index in [9.17, 15) is 0 Å². The molecule has 2 aromatic rings. The van der Waals surface area contributed by atoms with Crippen LogP contribution in [0.1, 0.15) is 0 Å². The zero-order valence-electron chi connectivity index (χ0n) is 6.81. The van der Waals surface area contributed by atoms with E-state index in [1.165, 1.54) is 0 Å². The van der Waals surface area contributed by atoms with Crippen LogP contribution in [-0.4, -0.2) is 9.55 Å². The quantitative estimate of drug-likeness (QED) is 0.705. The number of nitrogen functional groups attached to an aromatic ring is 1. The first kappa shape index (κ1) is 8.13. The molecule has 66 valence electrons. The molecule has 0 radical (unpaired) electrons. The smallest absolute Gasteiger partial charge is 0.129 e. The minimum absolute atomic E-state index is 0.490. The third kappa shape index (κ3) is 1.65. The molecule has 0 aliphatic rings. The number of aromatic nitrogens is 2. The predicted molar refractivity (Wildman–Crippen MR) is 53.0 cm³/mol. The van der Waals surface area contributed by atoms with Crippen LogP contribution in [0.5, 0.6) is 0 Å². The van der Waals surface area contributed by atoms with Crippen LogP contribution in [-0.2, 0) is 0 Å². The van der Waals surface area contributed by atoms with E-state index in [-0.39, 0.29) is 0 Å². The number of nitrogens with zero attached hydrogens (tertiary/aromatic N) is 2. The Balaban J connectivity index is 2.41. The molecule has 0 saturated carbocycles. The van der Waals surface area contributed by atoms with Gasteiger partial charge in [-0.2, -0.15) is 0 Å². The van der Waals surface area contributed by atoms with Crippen molar-refractivity contribution in [2.45, 2.75) is 0 Å². The summed E-state index contributed by atoms with van der Waals surface area (Å²) in [6, 6.07) is 5.45. The highest BCUT2D eigenvalue weighted by molar-refractivity contribution is 6.29. The van der Waals surface area contributed by atoms with Gasteiger partial charge in [0.2, 0.25) is 0 Å². The summed E-state index contributed by atoms with van der Waals surface area (Å²) in [4.78, 5) is 3.97. The van der Waals surface area contributed by atoms with Gasteiger partial charge in [-0.25, -0.2) is 4.98 Å². The molecule has 0 saturated heterocycles. The van der Waals surface area contributed by atoms with E-state index in [2.05, 4.69) is 4.98 Å². The van der Waals surface area contributed by atoms with E-state index in [1.807, 2.05) is 29.1 Å². The second-order valence-corrected chi connectivity index (χ2v) is 3.08. The molecule has 0 fully saturated rings. The van der Waals surface area contributed by atoms with E-state index in [0.29, 0.717) is 5.15 Å². The van der Waals surface area contributed by atoms with Gasteiger partial charge in [-0.1, -0.05) is 11.6 Å². The summed E-state index contributed by atoms with van der Waals surface area (Å²) in [5.74, 6) is 0. The van der Waals surface area contributed by atoms with Crippen molar-refractivity contribution in [3.8, 4) is 5.69 Å². The normalized spacial score (nSPS) is 10.2. The van der Waals surface area contributed by atoms with E-state index in [0.717, 1.165) is 11.4 Å². The molecule has 2 heterocycles. The molecular weight excluding hydrogens is 186 g/mol. The average molecular weight is 194 g/mol. The highest BCUT2D eigenvalue weighted by Gasteiger charge is 1.96. The molecule has 0 aliphatic heterocycles. The second-order valence-electron chi connectivity index (χ2n) is 2.69. The molecule has 0 spiro atoms. The molecule has 0 aliphatic carbocycles. The van der Waals surface area contributed by atoms with Gasteiger partial charge in [0.05, 0.1) is 11.9 Å². The maximum atomic E-state index is 5.66. The summed E-state index contributed by atoms with van der Waals surface area (Å²) in [7, 11) is 0. The Morgan fingerprint density at radius 1 is 1.31 bits per heavy atom. The Labute approximate surface area is 80.8 Å². The zero-order chi connectivity index (χ0) is 9.26. The minimum Gasteiger partial charge on any atom is -0.397 e. The van der Waals surface area contributed by atoms with Crippen LogP contribution in [0.15, 0.2) is 36.8 Å². The van der Waals surface area contributed by atoms with Crippen LogP contribution in [0.4, 0.5) is 5.69 Å². The van der Waals surface area contributed by atoms with E-state index < -0.39 is 0 Å². The number of anilines is 1. The van der Waals surface area contributed by atoms with Crippen LogP contribution >= 0.6 is 11.6 Å². The summed E-state index contributed by atoms with van der Waals surface area (Å²) in [5, 5.41) is 0.490. The van der Waals surface area contributed by atoms with Crippen molar-refractivity contribution in [3.63, 3.8) is 0 Å². The van der Waals surface area contributed by atoms with Gasteiger partial charge in [0, 0.05) is 18.1 Å². The zero-order valence-corrected chi connectivity index (χ0v) is 7.57. The topological polar surface area (TPSA) is 43.8 Å². The Hall–Kier alpha value is -1.48. The van der Waals surface area contributed by atoms with Gasteiger partial charge in [0.25, 0.3) is 0 Å². The fourth-order valence-electron chi connectivity index (χ4n) is 1.09. The van der Waals surface area contributed by atoms with Gasteiger partial charge in [0.1, 0.15) is 5.15 Å². The molecule has 2 rings (SSSR count). The molecule has 0 bridgehead atoms. The van der Waals surface area contributed by atoms with Crippen LogP contribution in [0.25, 0.3) is 5.69 Å². The predicted octanol–water partition coefficient (Wildman–Crippen LogP) is 2.11. The Morgan fingerprint density at radius 3 is 2.69 bits per heavy atom. The summed E-state index contributed by atoms with van der Waals surface area (Å²) >= 11 is 5.66. The molecule has 13 heavy (non-hydrogen) atoms. The summed E-state index contributed by atoms with van der Waals surface area (Å²) < 4.78 is 1.89. The van der Waals surface area contributed by atoms with Crippen LogP contribution in [0, 0.1) is 0 Å². The number of hydrogen-bond donors (Lipinski definition) is 1. The number of nitrogens with two attached hydrogens (primary N) is 1. The first-order valence-corrected chi connectivity index (χ1v) is 4.19. The Bertz CT molecular complexity index is 405. The van der Waals surface area contributed by atoms with Crippen molar-refractivity contribution in [1.82, 2.24) is 9.55 Å². The molecule has 2 aromatic heterocycles. The lowest BCUT2D eigenvalue weighted by Gasteiger charge is -2.00. The van der Waals surface area contributed by atoms with Gasteiger partial charge in [-0.15, -0.1) is 0 Å². The number of halogens is 1. The minimum atomic E-state index is 0.490. The molecule has 0 amide bonds. The van der Waals surface area contributed by atoms with Crippen molar-refractivity contribution in [1.29, 1.82) is 0 Å². The number of hydrogen-bond acceptors (Lipinski definition) is 2. The molecular formula is C9H8ClN3. The monoisotopic (exact) mass is 193 g/mol. The van der Waals surface area contributed by atoms with Crippen molar-refractivity contribution in [3.05, 3.63) is 41.9 Å². The molecule has 0 atom stereocenters. The van der Waals surface area contributed by atoms with Crippen molar-refractivity contribution in [2.24, 2.45) is 0 Å². The molecule has 0 unspecified atom stereocenters. The van der Waals surface area contributed by atoms with E-state index >= 15 is 0 Å².